The molecule has 0 saturated carbocycles. The minimum Gasteiger partial charge on any atom is -0.340 e. The Hall–Kier alpha value is -2.06. The van der Waals surface area contributed by atoms with Crippen LogP contribution in [0.15, 0.2) is 65.1 Å². The summed E-state index contributed by atoms with van der Waals surface area (Å²) < 4.78 is 3.51. The van der Waals surface area contributed by atoms with E-state index in [1.807, 2.05) is 12.1 Å². The zero-order valence-electron chi connectivity index (χ0n) is 12.3. The number of benzene rings is 3. The van der Waals surface area contributed by atoms with Gasteiger partial charge in [0.25, 0.3) is 0 Å². The van der Waals surface area contributed by atoms with Gasteiger partial charge >= 0.3 is 0 Å². The predicted molar refractivity (Wildman–Crippen MR) is 97.1 cm³/mol. The van der Waals surface area contributed by atoms with Crippen molar-refractivity contribution in [3.05, 3.63) is 71.2 Å². The summed E-state index contributed by atoms with van der Waals surface area (Å²) >= 11 is 3.60. The molecule has 3 aromatic carbocycles. The highest BCUT2D eigenvalue weighted by Gasteiger charge is 2.14. The van der Waals surface area contributed by atoms with Crippen molar-refractivity contribution in [2.45, 2.75) is 13.5 Å². The molecule has 0 unspecified atom stereocenters. The number of fused-ring (bicyclic) bond motifs is 3. The van der Waals surface area contributed by atoms with E-state index >= 15 is 0 Å². The van der Waals surface area contributed by atoms with Gasteiger partial charge in [-0.3, -0.25) is 0 Å². The highest BCUT2D eigenvalue weighted by molar-refractivity contribution is 9.10. The summed E-state index contributed by atoms with van der Waals surface area (Å²) in [6.07, 6.45) is 0. The van der Waals surface area contributed by atoms with Gasteiger partial charge in [-0.05, 0) is 36.8 Å². The molecule has 0 fully saturated rings. The van der Waals surface area contributed by atoms with Crippen LogP contribution in [0.4, 0.5) is 0 Å². The highest BCUT2D eigenvalue weighted by Crippen LogP contribution is 2.36. The normalized spacial score (nSPS) is 11.4. The quantitative estimate of drug-likeness (QED) is 0.415. The molecule has 0 amide bonds. The Morgan fingerprint density at radius 3 is 2.68 bits per heavy atom. The molecule has 0 aliphatic heterocycles. The summed E-state index contributed by atoms with van der Waals surface area (Å²) in [5.41, 5.74) is 4.96. The van der Waals surface area contributed by atoms with Crippen molar-refractivity contribution in [1.82, 2.24) is 4.57 Å². The first-order valence-electron chi connectivity index (χ1n) is 7.47. The van der Waals surface area contributed by atoms with Gasteiger partial charge in [-0.25, -0.2) is 0 Å². The molecule has 2 heteroatoms. The molecule has 1 heterocycles. The Bertz CT molecular complexity index is 967. The van der Waals surface area contributed by atoms with Crippen LogP contribution in [-0.4, -0.2) is 4.57 Å². The summed E-state index contributed by atoms with van der Waals surface area (Å²) in [6, 6.07) is 24.6. The summed E-state index contributed by atoms with van der Waals surface area (Å²) in [7, 11) is 0. The molecule has 4 rings (SSSR count). The van der Waals surface area contributed by atoms with E-state index in [4.69, 9.17) is 0 Å². The lowest BCUT2D eigenvalue weighted by Crippen LogP contribution is -1.94. The van der Waals surface area contributed by atoms with E-state index in [0.29, 0.717) is 0 Å². The molecule has 1 nitrogen and oxygen atoms in total. The summed E-state index contributed by atoms with van der Waals surface area (Å²) in [6.45, 7) is 3.15. The zero-order valence-corrected chi connectivity index (χ0v) is 13.9. The van der Waals surface area contributed by atoms with Crippen LogP contribution in [-0.2, 0) is 6.54 Å². The fourth-order valence-electron chi connectivity index (χ4n) is 3.24. The topological polar surface area (TPSA) is 4.93 Å². The lowest BCUT2D eigenvalue weighted by Gasteiger charge is -2.08. The van der Waals surface area contributed by atoms with Crippen LogP contribution in [0.3, 0.4) is 0 Å². The molecular weight excluding hydrogens is 334 g/mol. The van der Waals surface area contributed by atoms with E-state index < -0.39 is 0 Å². The number of hydrogen-bond donors (Lipinski definition) is 0. The van der Waals surface area contributed by atoms with Gasteiger partial charge in [-0.1, -0.05) is 58.4 Å². The van der Waals surface area contributed by atoms with Crippen LogP contribution in [0.1, 0.15) is 6.92 Å². The van der Waals surface area contributed by atoms with Crippen molar-refractivity contribution < 1.29 is 0 Å². The van der Waals surface area contributed by atoms with E-state index in [2.05, 4.69) is 82.0 Å². The lowest BCUT2D eigenvalue weighted by atomic mass is 10.0. The van der Waals surface area contributed by atoms with Crippen LogP contribution in [0.2, 0.25) is 0 Å². The number of aromatic nitrogens is 1. The molecule has 0 atom stereocenters. The van der Waals surface area contributed by atoms with Gasteiger partial charge in [0.15, 0.2) is 0 Å². The monoisotopic (exact) mass is 348 g/mol. The van der Waals surface area contributed by atoms with Crippen LogP contribution < -0.4 is 0 Å². The Morgan fingerprint density at radius 2 is 1.91 bits per heavy atom. The maximum absolute atomic E-state index is 3.60. The molecule has 4 aromatic rings. The van der Waals surface area contributed by atoms with Crippen LogP contribution in [0, 0.1) is 6.07 Å². The maximum atomic E-state index is 3.60. The van der Waals surface area contributed by atoms with Gasteiger partial charge in [-0.2, -0.15) is 0 Å². The van der Waals surface area contributed by atoms with E-state index in [9.17, 15) is 0 Å². The standard InChI is InChI=1S/C20H15BrN/c1-2-22-19-12-11-15(21)13-18(19)17-10-6-9-16(20(17)22)14-7-4-3-5-8-14/h3-7,9-13H,2H2,1H3. The van der Waals surface area contributed by atoms with Gasteiger partial charge in [-0.15, -0.1) is 0 Å². The third kappa shape index (κ3) is 1.98. The number of para-hydroxylation sites is 1. The largest absolute Gasteiger partial charge is 0.340 e. The van der Waals surface area contributed by atoms with E-state index in [0.717, 1.165) is 16.6 Å². The summed E-state index contributed by atoms with van der Waals surface area (Å²) in [5, 5.41) is 2.59. The molecule has 0 saturated heterocycles. The molecule has 107 valence electrons. The first kappa shape index (κ1) is 13.6. The van der Waals surface area contributed by atoms with E-state index in [1.165, 1.54) is 27.4 Å². The number of aryl methyl sites for hydroxylation is 1. The number of nitrogens with zero attached hydrogens (tertiary/aromatic N) is 1. The van der Waals surface area contributed by atoms with Crippen molar-refractivity contribution in [3.63, 3.8) is 0 Å². The third-order valence-electron chi connectivity index (χ3n) is 4.16. The molecule has 0 aliphatic carbocycles. The second-order valence-corrected chi connectivity index (χ2v) is 6.30. The SMILES string of the molecule is CCn1c2ccc(Br)cc2c2cccc(-c3[c]cccc3)c21. The highest BCUT2D eigenvalue weighted by atomic mass is 79.9. The summed E-state index contributed by atoms with van der Waals surface area (Å²) in [5.74, 6) is 0. The van der Waals surface area contributed by atoms with Crippen molar-refractivity contribution >= 4 is 37.7 Å². The Labute approximate surface area is 138 Å². The lowest BCUT2D eigenvalue weighted by molar-refractivity contribution is 0.828. The van der Waals surface area contributed by atoms with Gasteiger partial charge < -0.3 is 4.57 Å². The average Bonchev–Trinajstić information content (AvgIpc) is 2.88. The van der Waals surface area contributed by atoms with Crippen molar-refractivity contribution in [2.24, 2.45) is 0 Å². The summed E-state index contributed by atoms with van der Waals surface area (Å²) in [4.78, 5) is 0. The first-order valence-corrected chi connectivity index (χ1v) is 8.26. The van der Waals surface area contributed by atoms with E-state index in [1.54, 1.807) is 0 Å². The fourth-order valence-corrected chi connectivity index (χ4v) is 3.60. The molecule has 1 radical (unpaired) electrons. The Kier molecular flexibility index (Phi) is 3.27. The zero-order chi connectivity index (χ0) is 15.1. The second kappa shape index (κ2) is 5.29. The maximum Gasteiger partial charge on any atom is 0.0571 e. The van der Waals surface area contributed by atoms with Crippen LogP contribution in [0.5, 0.6) is 0 Å². The van der Waals surface area contributed by atoms with Crippen molar-refractivity contribution in [1.29, 1.82) is 0 Å². The minimum absolute atomic E-state index is 0.950. The van der Waals surface area contributed by atoms with Crippen molar-refractivity contribution in [3.8, 4) is 11.1 Å². The first-order chi connectivity index (χ1) is 10.8. The Balaban J connectivity index is 2.18. The molecule has 1 aromatic heterocycles. The average molecular weight is 349 g/mol. The van der Waals surface area contributed by atoms with Gasteiger partial charge in [0, 0.05) is 32.9 Å². The fraction of sp³-hybridized carbons (Fsp3) is 0.100. The second-order valence-electron chi connectivity index (χ2n) is 5.38. The number of rotatable bonds is 2. The third-order valence-corrected chi connectivity index (χ3v) is 4.65. The van der Waals surface area contributed by atoms with Crippen molar-refractivity contribution in [2.75, 3.05) is 0 Å². The smallest absolute Gasteiger partial charge is 0.0571 e. The Morgan fingerprint density at radius 1 is 1.00 bits per heavy atom. The van der Waals surface area contributed by atoms with Gasteiger partial charge in [0.1, 0.15) is 0 Å². The predicted octanol–water partition coefficient (Wildman–Crippen LogP) is 6.04. The minimum atomic E-state index is 0.950. The van der Waals surface area contributed by atoms with E-state index in [-0.39, 0.29) is 0 Å². The molecule has 22 heavy (non-hydrogen) atoms. The molecule has 0 N–H and O–H groups in total. The molecule has 0 bridgehead atoms. The van der Waals surface area contributed by atoms with Gasteiger partial charge in [0.05, 0.1) is 5.52 Å². The van der Waals surface area contributed by atoms with Crippen LogP contribution in [0.25, 0.3) is 32.9 Å². The van der Waals surface area contributed by atoms with Gasteiger partial charge in [0.2, 0.25) is 0 Å². The molecule has 0 spiro atoms. The molecular formula is C20H15BrN. The number of hydrogen-bond acceptors (Lipinski definition) is 0. The molecule has 0 aliphatic rings. The van der Waals surface area contributed by atoms with Crippen LogP contribution >= 0.6 is 15.9 Å². The number of halogens is 1.